The van der Waals surface area contributed by atoms with E-state index in [1.165, 1.54) is 0 Å². The lowest BCUT2D eigenvalue weighted by molar-refractivity contribution is 0.253. The Morgan fingerprint density at radius 3 is 2.38 bits per heavy atom. The van der Waals surface area contributed by atoms with Gasteiger partial charge in [0.25, 0.3) is 0 Å². The first-order valence-electron chi connectivity index (χ1n) is 4.50. The standard InChI is InChI=1S/C9H17N3O/c1-6(2)11-9(4,5)8-10-7(3)12-13-8/h6,11H,1-5H3. The van der Waals surface area contributed by atoms with Gasteiger partial charge >= 0.3 is 0 Å². The summed E-state index contributed by atoms with van der Waals surface area (Å²) in [6.45, 7) is 10.0. The molecule has 0 saturated heterocycles. The summed E-state index contributed by atoms with van der Waals surface area (Å²) in [6.07, 6.45) is 0. The third kappa shape index (κ3) is 2.52. The van der Waals surface area contributed by atoms with Crippen LogP contribution in [0, 0.1) is 6.92 Å². The molecule has 13 heavy (non-hydrogen) atoms. The first-order valence-corrected chi connectivity index (χ1v) is 4.50. The molecule has 1 N–H and O–H groups in total. The van der Waals surface area contributed by atoms with E-state index in [4.69, 9.17) is 4.52 Å². The van der Waals surface area contributed by atoms with Crippen LogP contribution in [0.15, 0.2) is 4.52 Å². The van der Waals surface area contributed by atoms with Crippen LogP contribution in [0.1, 0.15) is 39.4 Å². The summed E-state index contributed by atoms with van der Waals surface area (Å²) < 4.78 is 5.11. The second kappa shape index (κ2) is 3.46. The van der Waals surface area contributed by atoms with Crippen molar-refractivity contribution in [3.63, 3.8) is 0 Å². The molecule has 0 unspecified atom stereocenters. The highest BCUT2D eigenvalue weighted by atomic mass is 16.5. The molecule has 1 heterocycles. The van der Waals surface area contributed by atoms with Crippen molar-refractivity contribution in [3.05, 3.63) is 11.7 Å². The Hall–Kier alpha value is -0.900. The van der Waals surface area contributed by atoms with E-state index in [-0.39, 0.29) is 5.54 Å². The Labute approximate surface area is 78.7 Å². The Morgan fingerprint density at radius 1 is 1.38 bits per heavy atom. The zero-order valence-electron chi connectivity index (χ0n) is 8.88. The summed E-state index contributed by atoms with van der Waals surface area (Å²) >= 11 is 0. The molecule has 1 aromatic heterocycles. The Bertz CT molecular complexity index is 278. The highest BCUT2D eigenvalue weighted by molar-refractivity contribution is 4.98. The van der Waals surface area contributed by atoms with Crippen LogP contribution in [-0.4, -0.2) is 16.2 Å². The van der Waals surface area contributed by atoms with Crippen molar-refractivity contribution < 1.29 is 4.52 Å². The molecule has 1 aromatic rings. The molecule has 0 aliphatic rings. The van der Waals surface area contributed by atoms with Crippen molar-refractivity contribution in [2.75, 3.05) is 0 Å². The lowest BCUT2D eigenvalue weighted by atomic mass is 10.0. The molecular weight excluding hydrogens is 166 g/mol. The third-order valence-electron chi connectivity index (χ3n) is 1.71. The number of aryl methyl sites for hydroxylation is 1. The average molecular weight is 183 g/mol. The van der Waals surface area contributed by atoms with Crippen LogP contribution in [0.3, 0.4) is 0 Å². The van der Waals surface area contributed by atoms with E-state index in [0.29, 0.717) is 17.8 Å². The van der Waals surface area contributed by atoms with Crippen LogP contribution in [-0.2, 0) is 5.54 Å². The number of hydrogen-bond acceptors (Lipinski definition) is 4. The molecule has 0 bridgehead atoms. The third-order valence-corrected chi connectivity index (χ3v) is 1.71. The summed E-state index contributed by atoms with van der Waals surface area (Å²) in [5.74, 6) is 1.31. The van der Waals surface area contributed by atoms with Crippen LogP contribution < -0.4 is 5.32 Å². The fourth-order valence-electron chi connectivity index (χ4n) is 1.33. The number of hydrogen-bond donors (Lipinski definition) is 1. The molecule has 0 amide bonds. The van der Waals surface area contributed by atoms with Crippen molar-refractivity contribution in [1.82, 2.24) is 15.5 Å². The van der Waals surface area contributed by atoms with Crippen LogP contribution in [0.5, 0.6) is 0 Å². The first-order chi connectivity index (χ1) is 5.92. The lowest BCUT2D eigenvalue weighted by Gasteiger charge is -2.24. The zero-order chi connectivity index (χ0) is 10.1. The normalized spacial score (nSPS) is 12.5. The van der Waals surface area contributed by atoms with Crippen molar-refractivity contribution in [3.8, 4) is 0 Å². The van der Waals surface area contributed by atoms with Crippen LogP contribution >= 0.6 is 0 Å². The van der Waals surface area contributed by atoms with Crippen molar-refractivity contribution in [2.24, 2.45) is 0 Å². The quantitative estimate of drug-likeness (QED) is 0.773. The monoisotopic (exact) mass is 183 g/mol. The second-order valence-corrected chi connectivity index (χ2v) is 4.07. The van der Waals surface area contributed by atoms with E-state index in [1.54, 1.807) is 0 Å². The Balaban J connectivity index is 2.80. The number of nitrogens with one attached hydrogen (secondary N) is 1. The minimum absolute atomic E-state index is 0.255. The summed E-state index contributed by atoms with van der Waals surface area (Å²) in [7, 11) is 0. The summed E-state index contributed by atoms with van der Waals surface area (Å²) in [4.78, 5) is 4.20. The van der Waals surface area contributed by atoms with Gasteiger partial charge in [-0.3, -0.25) is 0 Å². The molecule has 4 nitrogen and oxygen atoms in total. The summed E-state index contributed by atoms with van der Waals surface area (Å²) in [5, 5.41) is 7.12. The molecule has 0 aliphatic heterocycles. The first kappa shape index (κ1) is 10.2. The predicted molar refractivity (Wildman–Crippen MR) is 50.3 cm³/mol. The van der Waals surface area contributed by atoms with Gasteiger partial charge in [-0.25, -0.2) is 0 Å². The molecule has 1 rings (SSSR count). The van der Waals surface area contributed by atoms with Gasteiger partial charge < -0.3 is 9.84 Å². The van der Waals surface area contributed by atoms with E-state index in [0.717, 1.165) is 0 Å². The Kier molecular flexibility index (Phi) is 2.71. The topological polar surface area (TPSA) is 51.0 Å². The smallest absolute Gasteiger partial charge is 0.246 e. The maximum atomic E-state index is 5.11. The van der Waals surface area contributed by atoms with Crippen molar-refractivity contribution >= 4 is 0 Å². The van der Waals surface area contributed by atoms with Gasteiger partial charge in [-0.2, -0.15) is 4.98 Å². The average Bonchev–Trinajstić information content (AvgIpc) is 2.32. The molecule has 0 aliphatic carbocycles. The molecule has 0 fully saturated rings. The molecule has 4 heteroatoms. The van der Waals surface area contributed by atoms with Gasteiger partial charge in [0.1, 0.15) is 0 Å². The van der Waals surface area contributed by atoms with Crippen molar-refractivity contribution in [1.29, 1.82) is 0 Å². The lowest BCUT2D eigenvalue weighted by Crippen LogP contribution is -2.41. The fraction of sp³-hybridized carbons (Fsp3) is 0.778. The van der Waals surface area contributed by atoms with E-state index < -0.39 is 0 Å². The van der Waals surface area contributed by atoms with Gasteiger partial charge in [-0.15, -0.1) is 0 Å². The largest absolute Gasteiger partial charge is 0.337 e. The van der Waals surface area contributed by atoms with Gasteiger partial charge in [0.2, 0.25) is 5.89 Å². The molecule has 0 atom stereocenters. The Morgan fingerprint density at radius 2 is 2.00 bits per heavy atom. The maximum Gasteiger partial charge on any atom is 0.246 e. The van der Waals surface area contributed by atoms with Gasteiger partial charge in [0.15, 0.2) is 5.82 Å². The molecule has 0 aromatic carbocycles. The van der Waals surface area contributed by atoms with E-state index in [1.807, 2.05) is 20.8 Å². The van der Waals surface area contributed by atoms with E-state index in [2.05, 4.69) is 29.3 Å². The summed E-state index contributed by atoms with van der Waals surface area (Å²) in [5.41, 5.74) is -0.255. The zero-order valence-corrected chi connectivity index (χ0v) is 8.88. The number of aromatic nitrogens is 2. The van der Waals surface area contributed by atoms with Crippen molar-refractivity contribution in [2.45, 2.75) is 46.2 Å². The molecule has 0 spiro atoms. The SMILES string of the molecule is Cc1noc(C(C)(C)NC(C)C)n1. The molecular formula is C9H17N3O. The molecule has 0 saturated carbocycles. The minimum Gasteiger partial charge on any atom is -0.337 e. The summed E-state index contributed by atoms with van der Waals surface area (Å²) in [6, 6.07) is 0.391. The minimum atomic E-state index is -0.255. The fourth-order valence-corrected chi connectivity index (χ4v) is 1.33. The van der Waals surface area contributed by atoms with Crippen LogP contribution in [0.4, 0.5) is 0 Å². The second-order valence-electron chi connectivity index (χ2n) is 4.07. The van der Waals surface area contributed by atoms with Gasteiger partial charge in [-0.05, 0) is 34.6 Å². The van der Waals surface area contributed by atoms with Gasteiger partial charge in [0.05, 0.1) is 5.54 Å². The molecule has 0 radical (unpaired) electrons. The number of rotatable bonds is 3. The highest BCUT2D eigenvalue weighted by Crippen LogP contribution is 2.18. The molecule has 74 valence electrons. The van der Waals surface area contributed by atoms with E-state index in [9.17, 15) is 0 Å². The number of nitrogens with zero attached hydrogens (tertiary/aromatic N) is 2. The van der Waals surface area contributed by atoms with Crippen LogP contribution in [0.2, 0.25) is 0 Å². The van der Waals surface area contributed by atoms with Crippen LogP contribution in [0.25, 0.3) is 0 Å². The predicted octanol–water partition coefficient (Wildman–Crippen LogP) is 1.61. The van der Waals surface area contributed by atoms with Gasteiger partial charge in [0, 0.05) is 6.04 Å². The maximum absolute atomic E-state index is 5.11. The highest BCUT2D eigenvalue weighted by Gasteiger charge is 2.27. The van der Waals surface area contributed by atoms with E-state index >= 15 is 0 Å². The van der Waals surface area contributed by atoms with Gasteiger partial charge in [-0.1, -0.05) is 5.16 Å².